The minimum atomic E-state index is -0.177. The fourth-order valence-electron chi connectivity index (χ4n) is 3.38. The van der Waals surface area contributed by atoms with Gasteiger partial charge in [-0.1, -0.05) is 50.1 Å². The Balaban J connectivity index is 1.90. The predicted molar refractivity (Wildman–Crippen MR) is 122 cm³/mol. The highest BCUT2D eigenvalue weighted by Crippen LogP contribution is 2.36. The minimum Gasteiger partial charge on any atom is -0.398 e. The second kappa shape index (κ2) is 10.4. The SMILES string of the molecule is COCCOCC(=O)N1CCC(c2cc(Br)ccc2N)=CC1c1ccc(Br)cc1. The Hall–Kier alpha value is -1.67. The van der Waals surface area contributed by atoms with E-state index in [1.165, 1.54) is 0 Å². The first-order chi connectivity index (χ1) is 14.0. The maximum atomic E-state index is 12.9. The molecule has 0 fully saturated rings. The molecule has 0 saturated heterocycles. The first-order valence-electron chi connectivity index (χ1n) is 9.37. The van der Waals surface area contributed by atoms with Crippen molar-refractivity contribution in [2.45, 2.75) is 12.5 Å². The Bertz CT molecular complexity index is 884. The van der Waals surface area contributed by atoms with Gasteiger partial charge in [0.1, 0.15) is 6.61 Å². The molecular weight excluding hydrogens is 500 g/mol. The van der Waals surface area contributed by atoms with Gasteiger partial charge in [0.2, 0.25) is 5.91 Å². The molecular formula is C22H24Br2N2O3. The fraction of sp³-hybridized carbons (Fsp3) is 0.318. The summed E-state index contributed by atoms with van der Waals surface area (Å²) in [7, 11) is 1.61. The van der Waals surface area contributed by atoms with Gasteiger partial charge in [-0.2, -0.15) is 0 Å². The summed E-state index contributed by atoms with van der Waals surface area (Å²) in [6.45, 7) is 1.51. The van der Waals surface area contributed by atoms with E-state index in [1.54, 1.807) is 7.11 Å². The molecule has 0 spiro atoms. The van der Waals surface area contributed by atoms with E-state index >= 15 is 0 Å². The molecule has 2 aromatic rings. The zero-order valence-electron chi connectivity index (χ0n) is 16.2. The van der Waals surface area contributed by atoms with Gasteiger partial charge in [-0.15, -0.1) is 0 Å². The summed E-state index contributed by atoms with van der Waals surface area (Å²) < 4.78 is 12.4. The van der Waals surface area contributed by atoms with Gasteiger partial charge in [-0.25, -0.2) is 0 Å². The zero-order chi connectivity index (χ0) is 20.8. The van der Waals surface area contributed by atoms with Gasteiger partial charge in [0.15, 0.2) is 0 Å². The van der Waals surface area contributed by atoms with Crippen LogP contribution in [0.5, 0.6) is 0 Å². The van der Waals surface area contributed by atoms with Gasteiger partial charge < -0.3 is 20.1 Å². The summed E-state index contributed by atoms with van der Waals surface area (Å²) in [4.78, 5) is 14.7. The smallest absolute Gasteiger partial charge is 0.249 e. The zero-order valence-corrected chi connectivity index (χ0v) is 19.4. The van der Waals surface area contributed by atoms with Crippen molar-refractivity contribution in [1.82, 2.24) is 4.90 Å². The standard InChI is InChI=1S/C22H24Br2N2O3/c1-28-10-11-29-14-22(27)26-9-8-16(19-13-18(24)6-7-20(19)25)12-21(26)15-2-4-17(23)5-3-15/h2-7,12-13,21H,8-11,14,25H2,1H3. The van der Waals surface area contributed by atoms with Crippen LogP contribution >= 0.6 is 31.9 Å². The van der Waals surface area contributed by atoms with Crippen molar-refractivity contribution in [3.63, 3.8) is 0 Å². The van der Waals surface area contributed by atoms with Crippen molar-refractivity contribution in [3.05, 3.63) is 68.6 Å². The molecule has 29 heavy (non-hydrogen) atoms. The molecule has 1 amide bonds. The maximum absolute atomic E-state index is 12.9. The Morgan fingerprint density at radius 1 is 1.14 bits per heavy atom. The third-order valence-electron chi connectivity index (χ3n) is 4.87. The molecule has 2 N–H and O–H groups in total. The number of anilines is 1. The largest absolute Gasteiger partial charge is 0.398 e. The number of hydrogen-bond acceptors (Lipinski definition) is 4. The summed E-state index contributed by atoms with van der Waals surface area (Å²) in [6.07, 6.45) is 2.87. The lowest BCUT2D eigenvalue weighted by Gasteiger charge is -2.35. The molecule has 1 unspecified atom stereocenters. The van der Waals surface area contributed by atoms with Crippen LogP contribution in [0.2, 0.25) is 0 Å². The van der Waals surface area contributed by atoms with E-state index in [-0.39, 0.29) is 18.6 Å². The number of ether oxygens (including phenoxy) is 2. The number of methoxy groups -OCH3 is 1. The molecule has 1 heterocycles. The normalized spacial score (nSPS) is 16.6. The van der Waals surface area contributed by atoms with E-state index in [4.69, 9.17) is 15.2 Å². The lowest BCUT2D eigenvalue weighted by atomic mass is 9.91. The maximum Gasteiger partial charge on any atom is 0.249 e. The van der Waals surface area contributed by atoms with Crippen LogP contribution in [0, 0.1) is 0 Å². The molecule has 7 heteroatoms. The Kier molecular flexibility index (Phi) is 7.89. The molecule has 1 atom stereocenters. The van der Waals surface area contributed by atoms with Crippen LogP contribution in [0.25, 0.3) is 5.57 Å². The minimum absolute atomic E-state index is 0.0356. The van der Waals surface area contributed by atoms with Crippen LogP contribution in [0.4, 0.5) is 5.69 Å². The number of nitrogens with zero attached hydrogens (tertiary/aromatic N) is 1. The highest BCUT2D eigenvalue weighted by atomic mass is 79.9. The molecule has 0 radical (unpaired) electrons. The molecule has 3 rings (SSSR count). The number of benzene rings is 2. The van der Waals surface area contributed by atoms with Gasteiger partial charge in [0, 0.05) is 33.9 Å². The molecule has 0 aromatic heterocycles. The number of nitrogen functional groups attached to an aromatic ring is 1. The van der Waals surface area contributed by atoms with Gasteiger partial charge in [-0.3, -0.25) is 4.79 Å². The van der Waals surface area contributed by atoms with Crippen LogP contribution in [0.1, 0.15) is 23.6 Å². The third-order valence-corrected chi connectivity index (χ3v) is 5.89. The van der Waals surface area contributed by atoms with Crippen LogP contribution in [0.15, 0.2) is 57.5 Å². The van der Waals surface area contributed by atoms with Gasteiger partial charge >= 0.3 is 0 Å². The molecule has 1 aliphatic rings. The third kappa shape index (κ3) is 5.69. The first kappa shape index (κ1) is 22.0. The quantitative estimate of drug-likeness (QED) is 0.417. The summed E-state index contributed by atoms with van der Waals surface area (Å²) in [5.41, 5.74) is 10.2. The molecule has 5 nitrogen and oxygen atoms in total. The van der Waals surface area contributed by atoms with Crippen LogP contribution < -0.4 is 5.73 Å². The number of halogens is 2. The topological polar surface area (TPSA) is 64.8 Å². The Morgan fingerprint density at radius 2 is 1.86 bits per heavy atom. The molecule has 1 aliphatic heterocycles. The molecule has 0 bridgehead atoms. The Morgan fingerprint density at radius 3 is 2.59 bits per heavy atom. The van der Waals surface area contributed by atoms with Gasteiger partial charge in [0.25, 0.3) is 0 Å². The average molecular weight is 524 g/mol. The van der Waals surface area contributed by atoms with Crippen molar-refractivity contribution in [3.8, 4) is 0 Å². The van der Waals surface area contributed by atoms with Gasteiger partial charge in [0.05, 0.1) is 19.3 Å². The second-order valence-electron chi connectivity index (χ2n) is 6.80. The number of carbonyl (C=O) groups is 1. The number of amides is 1. The van der Waals surface area contributed by atoms with Gasteiger partial charge in [-0.05, 0) is 47.9 Å². The summed E-state index contributed by atoms with van der Waals surface area (Å²) in [5.74, 6) is -0.0356. The molecule has 154 valence electrons. The lowest BCUT2D eigenvalue weighted by molar-refractivity contribution is -0.138. The monoisotopic (exact) mass is 522 g/mol. The van der Waals surface area contributed by atoms with Crippen LogP contribution in [0.3, 0.4) is 0 Å². The number of hydrogen-bond donors (Lipinski definition) is 1. The molecule has 0 aliphatic carbocycles. The predicted octanol–water partition coefficient (Wildman–Crippen LogP) is 4.81. The number of rotatable bonds is 7. The van der Waals surface area contributed by atoms with E-state index in [0.29, 0.717) is 19.8 Å². The van der Waals surface area contributed by atoms with Crippen LogP contribution in [-0.4, -0.2) is 44.3 Å². The van der Waals surface area contributed by atoms with Crippen molar-refractivity contribution in [2.75, 3.05) is 39.2 Å². The first-order valence-corrected chi connectivity index (χ1v) is 11.0. The highest BCUT2D eigenvalue weighted by molar-refractivity contribution is 9.10. The van der Waals surface area contributed by atoms with Crippen molar-refractivity contribution < 1.29 is 14.3 Å². The molecule has 0 saturated carbocycles. The fourth-order valence-corrected chi connectivity index (χ4v) is 4.00. The van der Waals surface area contributed by atoms with E-state index in [2.05, 4.69) is 37.9 Å². The average Bonchev–Trinajstić information content (AvgIpc) is 2.73. The van der Waals surface area contributed by atoms with E-state index in [0.717, 1.165) is 37.8 Å². The van der Waals surface area contributed by atoms with Crippen LogP contribution in [-0.2, 0) is 14.3 Å². The summed E-state index contributed by atoms with van der Waals surface area (Å²) in [5, 5.41) is 0. The Labute approximate surface area is 188 Å². The van der Waals surface area contributed by atoms with Crippen molar-refractivity contribution >= 4 is 49.0 Å². The molecule has 2 aromatic carbocycles. The van der Waals surface area contributed by atoms with Crippen molar-refractivity contribution in [2.24, 2.45) is 0 Å². The van der Waals surface area contributed by atoms with E-state index in [9.17, 15) is 4.79 Å². The van der Waals surface area contributed by atoms with E-state index in [1.807, 2.05) is 47.4 Å². The van der Waals surface area contributed by atoms with E-state index < -0.39 is 0 Å². The second-order valence-corrected chi connectivity index (χ2v) is 8.63. The van der Waals surface area contributed by atoms with Crippen molar-refractivity contribution in [1.29, 1.82) is 0 Å². The highest BCUT2D eigenvalue weighted by Gasteiger charge is 2.28. The lowest BCUT2D eigenvalue weighted by Crippen LogP contribution is -2.39. The number of carbonyl (C=O) groups excluding carboxylic acids is 1. The number of nitrogens with two attached hydrogens (primary N) is 1. The summed E-state index contributed by atoms with van der Waals surface area (Å²) in [6, 6.07) is 13.7. The summed E-state index contributed by atoms with van der Waals surface area (Å²) >= 11 is 7.01.